The van der Waals surface area contributed by atoms with Crippen molar-refractivity contribution in [2.24, 2.45) is 5.92 Å². The molecule has 110 valence electrons. The lowest BCUT2D eigenvalue weighted by Crippen LogP contribution is -2.45. The summed E-state index contributed by atoms with van der Waals surface area (Å²) in [4.78, 5) is 11.9. The monoisotopic (exact) mass is 277 g/mol. The van der Waals surface area contributed by atoms with Gasteiger partial charge in [0.05, 0.1) is 12.0 Å². The summed E-state index contributed by atoms with van der Waals surface area (Å²) in [6.45, 7) is 2.09. The first kappa shape index (κ1) is 14.9. The molecular weight excluding hydrogens is 254 g/mol. The van der Waals surface area contributed by atoms with Crippen LogP contribution in [0.2, 0.25) is 0 Å². The van der Waals surface area contributed by atoms with E-state index in [4.69, 9.17) is 0 Å². The molecule has 2 rings (SSSR count). The maximum absolute atomic E-state index is 11.9. The van der Waals surface area contributed by atoms with Crippen LogP contribution in [-0.4, -0.2) is 28.3 Å². The summed E-state index contributed by atoms with van der Waals surface area (Å²) in [5, 5.41) is 22.6. The molecule has 1 aliphatic carbocycles. The number of phenols is 1. The van der Waals surface area contributed by atoms with Gasteiger partial charge in [-0.25, -0.2) is 0 Å². The molecule has 0 aromatic heterocycles. The lowest BCUT2D eigenvalue weighted by molar-refractivity contribution is -0.122. The van der Waals surface area contributed by atoms with Crippen LogP contribution in [0.15, 0.2) is 24.3 Å². The highest BCUT2D eigenvalue weighted by atomic mass is 16.3. The topological polar surface area (TPSA) is 69.6 Å². The molecule has 1 saturated carbocycles. The third kappa shape index (κ3) is 3.97. The predicted molar refractivity (Wildman–Crippen MR) is 77.4 cm³/mol. The number of hydrogen-bond donors (Lipinski definition) is 3. The van der Waals surface area contributed by atoms with Crippen molar-refractivity contribution in [1.29, 1.82) is 0 Å². The Labute approximate surface area is 119 Å². The number of phenolic OH excluding ortho intramolecular Hbond substituents is 1. The first-order chi connectivity index (χ1) is 9.47. The summed E-state index contributed by atoms with van der Waals surface area (Å²) < 4.78 is 0. The number of hydrogen-bond acceptors (Lipinski definition) is 3. The first-order valence-corrected chi connectivity index (χ1v) is 7.24. The molecule has 3 N–H and O–H groups in total. The van der Waals surface area contributed by atoms with Gasteiger partial charge in [-0.2, -0.15) is 0 Å². The molecule has 0 saturated heterocycles. The van der Waals surface area contributed by atoms with E-state index in [1.54, 1.807) is 31.2 Å². The molecule has 4 nitrogen and oxygen atoms in total. The summed E-state index contributed by atoms with van der Waals surface area (Å²) in [6.07, 6.45) is 4.62. The molecule has 1 aromatic rings. The van der Waals surface area contributed by atoms with Gasteiger partial charge in [-0.15, -0.1) is 0 Å². The van der Waals surface area contributed by atoms with Crippen molar-refractivity contribution in [3.63, 3.8) is 0 Å². The van der Waals surface area contributed by atoms with Gasteiger partial charge in [-0.05, 0) is 43.4 Å². The smallest absolute Gasteiger partial charge is 0.224 e. The van der Waals surface area contributed by atoms with Crippen molar-refractivity contribution in [3.8, 4) is 5.75 Å². The van der Waals surface area contributed by atoms with Crippen molar-refractivity contribution < 1.29 is 15.0 Å². The van der Waals surface area contributed by atoms with Crippen LogP contribution in [-0.2, 0) is 11.2 Å². The van der Waals surface area contributed by atoms with Crippen LogP contribution in [0.3, 0.4) is 0 Å². The Balaban J connectivity index is 1.82. The average molecular weight is 277 g/mol. The zero-order chi connectivity index (χ0) is 14.6. The SMILES string of the molecule is C[C@](O)(CNC(=O)Cc1cccc(O)c1)C1CCCC1. The molecule has 0 radical (unpaired) electrons. The van der Waals surface area contributed by atoms with Crippen molar-refractivity contribution >= 4 is 5.91 Å². The summed E-state index contributed by atoms with van der Waals surface area (Å²) in [5.74, 6) is 0.311. The van der Waals surface area contributed by atoms with Gasteiger partial charge in [0.1, 0.15) is 5.75 Å². The Morgan fingerprint density at radius 2 is 2.10 bits per heavy atom. The van der Waals surface area contributed by atoms with E-state index < -0.39 is 5.60 Å². The van der Waals surface area contributed by atoms with Gasteiger partial charge in [0.15, 0.2) is 0 Å². The molecule has 0 aliphatic heterocycles. The highest BCUT2D eigenvalue weighted by Crippen LogP contribution is 2.33. The molecular formula is C16H23NO3. The third-order valence-corrected chi connectivity index (χ3v) is 4.15. The van der Waals surface area contributed by atoms with Crippen molar-refractivity contribution in [3.05, 3.63) is 29.8 Å². The van der Waals surface area contributed by atoms with E-state index in [1.807, 2.05) is 0 Å². The van der Waals surface area contributed by atoms with Crippen LogP contribution < -0.4 is 5.32 Å². The van der Waals surface area contributed by atoms with Crippen LogP contribution in [0.25, 0.3) is 0 Å². The number of carbonyl (C=O) groups is 1. The number of aromatic hydroxyl groups is 1. The van der Waals surface area contributed by atoms with Gasteiger partial charge in [0.2, 0.25) is 5.91 Å². The van der Waals surface area contributed by atoms with Crippen LogP contribution in [0.1, 0.15) is 38.2 Å². The van der Waals surface area contributed by atoms with E-state index in [1.165, 1.54) is 0 Å². The zero-order valence-electron chi connectivity index (χ0n) is 11.9. The zero-order valence-corrected chi connectivity index (χ0v) is 11.9. The molecule has 0 spiro atoms. The molecule has 0 heterocycles. The first-order valence-electron chi connectivity index (χ1n) is 7.24. The second-order valence-electron chi connectivity index (χ2n) is 5.96. The van der Waals surface area contributed by atoms with Crippen molar-refractivity contribution in [2.75, 3.05) is 6.54 Å². The lowest BCUT2D eigenvalue weighted by atomic mass is 9.87. The van der Waals surface area contributed by atoms with E-state index >= 15 is 0 Å². The number of amides is 1. The molecule has 1 aromatic carbocycles. The van der Waals surface area contributed by atoms with E-state index in [0.717, 1.165) is 31.2 Å². The Kier molecular flexibility index (Phi) is 4.65. The van der Waals surface area contributed by atoms with E-state index in [0.29, 0.717) is 0 Å². The van der Waals surface area contributed by atoms with Crippen LogP contribution in [0.5, 0.6) is 5.75 Å². The third-order valence-electron chi connectivity index (χ3n) is 4.15. The number of aliphatic hydroxyl groups is 1. The van der Waals surface area contributed by atoms with E-state index in [2.05, 4.69) is 5.32 Å². The molecule has 1 aliphatic rings. The van der Waals surface area contributed by atoms with Gasteiger partial charge >= 0.3 is 0 Å². The molecule has 0 bridgehead atoms. The minimum atomic E-state index is -0.828. The van der Waals surface area contributed by atoms with Gasteiger partial charge in [-0.3, -0.25) is 4.79 Å². The van der Waals surface area contributed by atoms with Crippen molar-refractivity contribution in [2.45, 2.75) is 44.6 Å². The second-order valence-corrected chi connectivity index (χ2v) is 5.96. The quantitative estimate of drug-likeness (QED) is 0.771. The van der Waals surface area contributed by atoms with Gasteiger partial charge in [-0.1, -0.05) is 25.0 Å². The largest absolute Gasteiger partial charge is 0.508 e. The minimum Gasteiger partial charge on any atom is -0.508 e. The summed E-state index contributed by atoms with van der Waals surface area (Å²) >= 11 is 0. The summed E-state index contributed by atoms with van der Waals surface area (Å²) in [7, 11) is 0. The van der Waals surface area contributed by atoms with E-state index in [9.17, 15) is 15.0 Å². The fourth-order valence-corrected chi connectivity index (χ4v) is 2.88. The predicted octanol–water partition coefficient (Wildman–Crippen LogP) is 1.99. The normalized spacial score (nSPS) is 18.7. The number of carbonyl (C=O) groups excluding carboxylic acids is 1. The van der Waals surface area contributed by atoms with Crippen LogP contribution >= 0.6 is 0 Å². The fraction of sp³-hybridized carbons (Fsp3) is 0.562. The van der Waals surface area contributed by atoms with Crippen LogP contribution in [0.4, 0.5) is 0 Å². The standard InChI is InChI=1S/C16H23NO3/c1-16(20,13-6-2-3-7-13)11-17-15(19)10-12-5-4-8-14(18)9-12/h4-5,8-9,13,18,20H,2-3,6-7,10-11H2,1H3,(H,17,19)/t16-/m0/s1. The Morgan fingerprint density at radius 3 is 2.75 bits per heavy atom. The van der Waals surface area contributed by atoms with Gasteiger partial charge in [0, 0.05) is 6.54 Å². The maximum Gasteiger partial charge on any atom is 0.224 e. The summed E-state index contributed by atoms with van der Waals surface area (Å²) in [6, 6.07) is 6.67. The van der Waals surface area contributed by atoms with E-state index in [-0.39, 0.29) is 30.5 Å². The Hall–Kier alpha value is -1.55. The second kappa shape index (κ2) is 6.27. The molecule has 1 fully saturated rings. The van der Waals surface area contributed by atoms with Crippen molar-refractivity contribution in [1.82, 2.24) is 5.32 Å². The molecule has 1 amide bonds. The number of nitrogens with one attached hydrogen (secondary N) is 1. The number of rotatable bonds is 5. The Bertz CT molecular complexity index is 465. The average Bonchev–Trinajstić information content (AvgIpc) is 2.91. The molecule has 0 unspecified atom stereocenters. The highest BCUT2D eigenvalue weighted by molar-refractivity contribution is 5.78. The Morgan fingerprint density at radius 1 is 1.40 bits per heavy atom. The fourth-order valence-electron chi connectivity index (χ4n) is 2.88. The molecule has 4 heteroatoms. The molecule has 1 atom stereocenters. The minimum absolute atomic E-state index is 0.131. The van der Waals surface area contributed by atoms with Gasteiger partial charge in [0.25, 0.3) is 0 Å². The number of benzene rings is 1. The summed E-state index contributed by atoms with van der Waals surface area (Å²) in [5.41, 5.74) is -0.0617. The highest BCUT2D eigenvalue weighted by Gasteiger charge is 2.34. The molecule has 20 heavy (non-hydrogen) atoms. The lowest BCUT2D eigenvalue weighted by Gasteiger charge is -2.30. The maximum atomic E-state index is 11.9. The van der Waals surface area contributed by atoms with Crippen LogP contribution in [0, 0.1) is 5.92 Å². The van der Waals surface area contributed by atoms with Gasteiger partial charge < -0.3 is 15.5 Å².